The molecule has 2 aromatic rings. The van der Waals surface area contributed by atoms with Crippen LogP contribution in [-0.4, -0.2) is 17.0 Å². The number of nitrogens with one attached hydrogen (secondary N) is 1. The summed E-state index contributed by atoms with van der Waals surface area (Å²) in [5, 5.41) is 11.6. The lowest BCUT2D eigenvalue weighted by molar-refractivity contribution is -0.137. The highest BCUT2D eigenvalue weighted by Gasteiger charge is 2.33. The Morgan fingerprint density at radius 3 is 2.62 bits per heavy atom. The molecule has 1 aliphatic rings. The SMILES string of the molecule is O=C(O)C[C@@H](NC(=O)C1Cc2ccccc21)c1ccc(F)cc1F. The van der Waals surface area contributed by atoms with Crippen LogP contribution in [0.15, 0.2) is 42.5 Å². The van der Waals surface area contributed by atoms with Gasteiger partial charge in [-0.05, 0) is 23.6 Å². The molecular formula is C18H15F2NO3. The molecule has 2 atom stereocenters. The lowest BCUT2D eigenvalue weighted by Crippen LogP contribution is -2.38. The van der Waals surface area contributed by atoms with E-state index in [4.69, 9.17) is 5.11 Å². The molecule has 1 amide bonds. The van der Waals surface area contributed by atoms with Crippen LogP contribution in [-0.2, 0) is 16.0 Å². The van der Waals surface area contributed by atoms with Crippen molar-refractivity contribution in [2.45, 2.75) is 24.8 Å². The van der Waals surface area contributed by atoms with Gasteiger partial charge in [-0.2, -0.15) is 0 Å². The number of aliphatic carboxylic acids is 1. The first-order valence-corrected chi connectivity index (χ1v) is 7.50. The number of benzene rings is 2. The number of rotatable bonds is 5. The van der Waals surface area contributed by atoms with Crippen molar-refractivity contribution >= 4 is 11.9 Å². The van der Waals surface area contributed by atoms with E-state index in [1.165, 1.54) is 0 Å². The number of fused-ring (bicyclic) bond motifs is 1. The third-order valence-corrected chi connectivity index (χ3v) is 4.20. The molecule has 0 aliphatic heterocycles. The fraction of sp³-hybridized carbons (Fsp3) is 0.222. The molecule has 6 heteroatoms. The molecule has 2 N–H and O–H groups in total. The first-order valence-electron chi connectivity index (χ1n) is 7.50. The molecule has 3 rings (SSSR count). The normalized spacial score (nSPS) is 16.7. The van der Waals surface area contributed by atoms with Gasteiger partial charge in [0.05, 0.1) is 18.4 Å². The van der Waals surface area contributed by atoms with Crippen LogP contribution in [0.5, 0.6) is 0 Å². The molecule has 1 unspecified atom stereocenters. The Morgan fingerprint density at radius 2 is 1.96 bits per heavy atom. The van der Waals surface area contributed by atoms with Crippen molar-refractivity contribution in [3.8, 4) is 0 Å². The maximum atomic E-state index is 14.0. The zero-order valence-corrected chi connectivity index (χ0v) is 12.6. The smallest absolute Gasteiger partial charge is 0.305 e. The summed E-state index contributed by atoms with van der Waals surface area (Å²) < 4.78 is 27.0. The Labute approximate surface area is 137 Å². The van der Waals surface area contributed by atoms with Gasteiger partial charge in [0.25, 0.3) is 0 Å². The van der Waals surface area contributed by atoms with Gasteiger partial charge in [-0.25, -0.2) is 8.78 Å². The minimum absolute atomic E-state index is 0.0419. The minimum Gasteiger partial charge on any atom is -0.481 e. The molecule has 24 heavy (non-hydrogen) atoms. The van der Waals surface area contributed by atoms with Gasteiger partial charge in [0.2, 0.25) is 5.91 Å². The van der Waals surface area contributed by atoms with E-state index in [2.05, 4.69) is 5.32 Å². The van der Waals surface area contributed by atoms with Crippen molar-refractivity contribution in [1.29, 1.82) is 0 Å². The van der Waals surface area contributed by atoms with Crippen molar-refractivity contribution in [2.75, 3.05) is 0 Å². The molecule has 0 aromatic heterocycles. The number of carbonyl (C=O) groups is 2. The Kier molecular flexibility index (Phi) is 4.29. The molecule has 0 heterocycles. The van der Waals surface area contributed by atoms with E-state index < -0.39 is 30.1 Å². The number of hydrogen-bond acceptors (Lipinski definition) is 2. The molecular weight excluding hydrogens is 316 g/mol. The monoisotopic (exact) mass is 331 g/mol. The van der Waals surface area contributed by atoms with Crippen LogP contribution in [0, 0.1) is 11.6 Å². The molecule has 0 saturated heterocycles. The lowest BCUT2D eigenvalue weighted by atomic mass is 9.77. The summed E-state index contributed by atoms with van der Waals surface area (Å²) in [6.45, 7) is 0. The van der Waals surface area contributed by atoms with Gasteiger partial charge < -0.3 is 10.4 Å². The molecule has 4 nitrogen and oxygen atoms in total. The molecule has 0 radical (unpaired) electrons. The Balaban J connectivity index is 1.80. The lowest BCUT2D eigenvalue weighted by Gasteiger charge is -2.30. The highest BCUT2D eigenvalue weighted by molar-refractivity contribution is 5.87. The summed E-state index contributed by atoms with van der Waals surface area (Å²) in [5.74, 6) is -3.55. The topological polar surface area (TPSA) is 66.4 Å². The van der Waals surface area contributed by atoms with Crippen LogP contribution >= 0.6 is 0 Å². The maximum absolute atomic E-state index is 14.0. The second-order valence-electron chi connectivity index (χ2n) is 5.78. The van der Waals surface area contributed by atoms with Gasteiger partial charge in [-0.1, -0.05) is 30.3 Å². The number of carbonyl (C=O) groups excluding carboxylic acids is 1. The van der Waals surface area contributed by atoms with Crippen molar-refractivity contribution in [3.05, 3.63) is 70.8 Å². The standard InChI is InChI=1S/C18H15F2NO3/c19-11-5-6-13(15(20)8-11)16(9-17(22)23)21-18(24)14-7-10-3-1-2-4-12(10)14/h1-6,8,14,16H,7,9H2,(H,21,24)(H,22,23)/t14?,16-/m1/s1. The minimum atomic E-state index is -1.18. The summed E-state index contributed by atoms with van der Waals surface area (Å²) in [5.41, 5.74) is 1.92. The molecule has 124 valence electrons. The summed E-state index contributed by atoms with van der Waals surface area (Å²) >= 11 is 0. The molecule has 0 spiro atoms. The van der Waals surface area contributed by atoms with E-state index in [0.29, 0.717) is 12.5 Å². The van der Waals surface area contributed by atoms with Gasteiger partial charge in [0, 0.05) is 11.6 Å². The fourth-order valence-electron chi connectivity index (χ4n) is 2.96. The molecule has 0 fully saturated rings. The zero-order chi connectivity index (χ0) is 17.3. The molecule has 0 bridgehead atoms. The summed E-state index contributed by atoms with van der Waals surface area (Å²) in [4.78, 5) is 23.5. The molecule has 2 aromatic carbocycles. The molecule has 1 aliphatic carbocycles. The Hall–Kier alpha value is -2.76. The van der Waals surface area contributed by atoms with Gasteiger partial charge in [-0.15, -0.1) is 0 Å². The van der Waals surface area contributed by atoms with E-state index in [1.54, 1.807) is 0 Å². The fourth-order valence-corrected chi connectivity index (χ4v) is 2.96. The maximum Gasteiger partial charge on any atom is 0.305 e. The van der Waals surface area contributed by atoms with Crippen molar-refractivity contribution in [2.24, 2.45) is 0 Å². The summed E-state index contributed by atoms with van der Waals surface area (Å²) in [6, 6.07) is 9.30. The van der Waals surface area contributed by atoms with Crippen molar-refractivity contribution in [1.82, 2.24) is 5.32 Å². The van der Waals surface area contributed by atoms with Crippen LogP contribution in [0.3, 0.4) is 0 Å². The van der Waals surface area contributed by atoms with Crippen LogP contribution in [0.25, 0.3) is 0 Å². The van der Waals surface area contributed by atoms with E-state index in [-0.39, 0.29) is 17.4 Å². The quantitative estimate of drug-likeness (QED) is 0.885. The van der Waals surface area contributed by atoms with E-state index in [9.17, 15) is 18.4 Å². The predicted octanol–water partition coefficient (Wildman–Crippen LogP) is 2.94. The Bertz CT molecular complexity index is 807. The first kappa shape index (κ1) is 16.1. The van der Waals surface area contributed by atoms with Crippen LogP contribution in [0.4, 0.5) is 8.78 Å². The third-order valence-electron chi connectivity index (χ3n) is 4.20. The van der Waals surface area contributed by atoms with E-state index in [1.807, 2.05) is 24.3 Å². The molecule has 0 saturated carbocycles. The summed E-state index contributed by atoms with van der Waals surface area (Å²) in [6.07, 6.45) is 0.0797. The van der Waals surface area contributed by atoms with Crippen molar-refractivity contribution < 1.29 is 23.5 Å². The third kappa shape index (κ3) is 3.13. The average molecular weight is 331 g/mol. The van der Waals surface area contributed by atoms with Gasteiger partial charge in [0.15, 0.2) is 0 Å². The van der Waals surface area contributed by atoms with E-state index in [0.717, 1.165) is 23.3 Å². The number of carboxylic acids is 1. The van der Waals surface area contributed by atoms with Crippen LogP contribution in [0.1, 0.15) is 35.1 Å². The Morgan fingerprint density at radius 1 is 1.21 bits per heavy atom. The van der Waals surface area contributed by atoms with Crippen LogP contribution in [0.2, 0.25) is 0 Å². The highest BCUT2D eigenvalue weighted by atomic mass is 19.1. The number of amides is 1. The predicted molar refractivity (Wildman–Crippen MR) is 82.4 cm³/mol. The van der Waals surface area contributed by atoms with Gasteiger partial charge >= 0.3 is 5.97 Å². The average Bonchev–Trinajstić information content (AvgIpc) is 2.47. The highest BCUT2D eigenvalue weighted by Crippen LogP contribution is 2.35. The number of halogens is 2. The second kappa shape index (κ2) is 6.39. The van der Waals surface area contributed by atoms with Crippen LogP contribution < -0.4 is 5.32 Å². The zero-order valence-electron chi connectivity index (χ0n) is 12.6. The summed E-state index contributed by atoms with van der Waals surface area (Å²) in [7, 11) is 0. The largest absolute Gasteiger partial charge is 0.481 e. The van der Waals surface area contributed by atoms with Gasteiger partial charge in [-0.3, -0.25) is 9.59 Å². The number of carboxylic acid groups (broad SMARTS) is 1. The van der Waals surface area contributed by atoms with E-state index >= 15 is 0 Å². The first-order chi connectivity index (χ1) is 11.5. The second-order valence-corrected chi connectivity index (χ2v) is 5.78. The number of hydrogen-bond donors (Lipinski definition) is 2. The van der Waals surface area contributed by atoms with Gasteiger partial charge in [0.1, 0.15) is 11.6 Å². The van der Waals surface area contributed by atoms with Crippen molar-refractivity contribution in [3.63, 3.8) is 0 Å².